The summed E-state index contributed by atoms with van der Waals surface area (Å²) in [4.78, 5) is 0. The Morgan fingerprint density at radius 2 is 1.47 bits per heavy atom. The first kappa shape index (κ1) is 18.8. The fourth-order valence-corrected chi connectivity index (χ4v) is 2.03. The quantitative estimate of drug-likeness (QED) is 0.805. The summed E-state index contributed by atoms with van der Waals surface area (Å²) in [5.41, 5.74) is 0.436. The Bertz CT molecular complexity index is 354. The lowest BCUT2D eigenvalue weighted by Gasteiger charge is -2.30. The second-order valence-corrected chi connectivity index (χ2v) is 10.1. The largest absolute Gasteiger partial charge is 0.392 e. The summed E-state index contributed by atoms with van der Waals surface area (Å²) in [5, 5.41) is 10.3. The van der Waals surface area contributed by atoms with Crippen LogP contribution in [0.25, 0.3) is 0 Å². The molecule has 0 heterocycles. The van der Waals surface area contributed by atoms with Gasteiger partial charge in [0.1, 0.15) is 11.0 Å². The molecule has 0 rings (SSSR count). The third-order valence-electron chi connectivity index (χ3n) is 2.97. The molecule has 1 N–H and O–H groups in total. The lowest BCUT2D eigenvalue weighted by atomic mass is 9.80. The standard InChI is InChI=1S/C15H31NO2S/c1-13(2,3)11(10-12(17)14(4,5)6)16-19(18)15(7,8)9/h12,17H,10H2,1-9H3/b16-11+/t12-,19?/m0/s1. The maximum absolute atomic E-state index is 12.2. The van der Waals surface area contributed by atoms with Gasteiger partial charge in [0, 0.05) is 17.5 Å². The van der Waals surface area contributed by atoms with Crippen molar-refractivity contribution < 1.29 is 9.32 Å². The summed E-state index contributed by atoms with van der Waals surface area (Å²) in [7, 11) is -1.28. The molecule has 0 amide bonds. The molecule has 0 aromatic heterocycles. The molecule has 0 aromatic rings. The Morgan fingerprint density at radius 3 is 1.74 bits per heavy atom. The van der Waals surface area contributed by atoms with Crippen molar-refractivity contribution in [1.82, 2.24) is 0 Å². The van der Waals surface area contributed by atoms with E-state index in [1.54, 1.807) is 0 Å². The first-order valence-corrected chi connectivity index (χ1v) is 7.94. The van der Waals surface area contributed by atoms with Gasteiger partial charge in [-0.25, -0.2) is 4.21 Å². The van der Waals surface area contributed by atoms with Crippen molar-refractivity contribution in [3.63, 3.8) is 0 Å². The van der Waals surface area contributed by atoms with E-state index in [-0.39, 0.29) is 15.6 Å². The zero-order valence-electron chi connectivity index (χ0n) is 14.0. The Kier molecular flexibility index (Phi) is 5.97. The van der Waals surface area contributed by atoms with Crippen LogP contribution in [0.15, 0.2) is 4.40 Å². The van der Waals surface area contributed by atoms with Crippen molar-refractivity contribution in [3.05, 3.63) is 0 Å². The number of hydrogen-bond donors (Lipinski definition) is 1. The predicted octanol–water partition coefficient (Wildman–Crippen LogP) is 3.73. The molecule has 0 radical (unpaired) electrons. The Morgan fingerprint density at radius 1 is 1.05 bits per heavy atom. The van der Waals surface area contributed by atoms with Crippen LogP contribution in [-0.2, 0) is 11.0 Å². The van der Waals surface area contributed by atoms with Crippen molar-refractivity contribution in [2.75, 3.05) is 0 Å². The third kappa shape index (κ3) is 6.66. The second-order valence-electron chi connectivity index (χ2n) is 8.24. The normalized spacial score (nSPS) is 18.3. The van der Waals surface area contributed by atoms with Gasteiger partial charge in [-0.3, -0.25) is 0 Å². The highest BCUT2D eigenvalue weighted by Crippen LogP contribution is 2.28. The molecule has 1 unspecified atom stereocenters. The zero-order valence-corrected chi connectivity index (χ0v) is 14.8. The first-order valence-electron chi connectivity index (χ1n) is 6.84. The van der Waals surface area contributed by atoms with Crippen molar-refractivity contribution in [3.8, 4) is 0 Å². The number of aliphatic hydroxyl groups is 1. The van der Waals surface area contributed by atoms with Crippen LogP contribution in [0, 0.1) is 10.8 Å². The summed E-state index contributed by atoms with van der Waals surface area (Å²) in [6.45, 7) is 17.9. The van der Waals surface area contributed by atoms with E-state index >= 15 is 0 Å². The van der Waals surface area contributed by atoms with Crippen molar-refractivity contribution in [2.24, 2.45) is 15.2 Å². The summed E-state index contributed by atoms with van der Waals surface area (Å²) in [6.07, 6.45) is -0.0168. The number of aliphatic hydroxyl groups excluding tert-OH is 1. The van der Waals surface area contributed by atoms with Crippen LogP contribution in [0.4, 0.5) is 0 Å². The molecular formula is C15H31NO2S. The SMILES string of the molecule is CC(C)(C)/C(C[C@H](O)C(C)(C)C)=N/S(=O)C(C)(C)C. The average Bonchev–Trinajstić information content (AvgIpc) is 2.11. The van der Waals surface area contributed by atoms with Gasteiger partial charge in [0.2, 0.25) is 0 Å². The molecule has 3 nitrogen and oxygen atoms in total. The van der Waals surface area contributed by atoms with Crippen LogP contribution in [0.5, 0.6) is 0 Å². The van der Waals surface area contributed by atoms with Gasteiger partial charge >= 0.3 is 0 Å². The lowest BCUT2D eigenvalue weighted by molar-refractivity contribution is 0.0682. The van der Waals surface area contributed by atoms with Gasteiger partial charge in [0.15, 0.2) is 0 Å². The molecule has 0 aliphatic rings. The van der Waals surface area contributed by atoms with E-state index in [0.29, 0.717) is 6.42 Å². The molecule has 2 atom stereocenters. The van der Waals surface area contributed by atoms with Crippen LogP contribution in [0.3, 0.4) is 0 Å². The van der Waals surface area contributed by atoms with E-state index in [2.05, 4.69) is 4.40 Å². The topological polar surface area (TPSA) is 49.7 Å². The molecule has 0 spiro atoms. The zero-order chi connectivity index (χ0) is 15.6. The van der Waals surface area contributed by atoms with Crippen molar-refractivity contribution >= 4 is 16.7 Å². The molecule has 0 saturated heterocycles. The molecule has 0 saturated carbocycles. The highest BCUT2D eigenvalue weighted by Gasteiger charge is 2.30. The molecule has 0 fully saturated rings. The highest BCUT2D eigenvalue weighted by molar-refractivity contribution is 7.85. The molecule has 0 bridgehead atoms. The summed E-state index contributed by atoms with van der Waals surface area (Å²) >= 11 is 0. The van der Waals surface area contributed by atoms with E-state index in [9.17, 15) is 9.32 Å². The predicted molar refractivity (Wildman–Crippen MR) is 84.9 cm³/mol. The maximum Gasteiger partial charge on any atom is 0.144 e. The Hall–Kier alpha value is -0.220. The summed E-state index contributed by atoms with van der Waals surface area (Å²) < 4.78 is 16.2. The molecule has 4 heteroatoms. The van der Waals surface area contributed by atoms with Crippen LogP contribution in [-0.4, -0.2) is 25.9 Å². The maximum atomic E-state index is 12.2. The van der Waals surface area contributed by atoms with Gasteiger partial charge in [-0.1, -0.05) is 41.5 Å². The van der Waals surface area contributed by atoms with Gasteiger partial charge in [-0.05, 0) is 26.2 Å². The highest BCUT2D eigenvalue weighted by atomic mass is 32.2. The Labute approximate surface area is 121 Å². The Balaban J connectivity index is 5.28. The van der Waals surface area contributed by atoms with E-state index in [1.165, 1.54) is 0 Å². The van der Waals surface area contributed by atoms with Crippen LogP contribution in [0.1, 0.15) is 68.7 Å². The summed E-state index contributed by atoms with van der Waals surface area (Å²) in [6, 6.07) is 0. The van der Waals surface area contributed by atoms with Crippen molar-refractivity contribution in [1.29, 1.82) is 0 Å². The molecule has 0 aliphatic heterocycles. The molecular weight excluding hydrogens is 258 g/mol. The number of rotatable bonds is 3. The minimum absolute atomic E-state index is 0.187. The smallest absolute Gasteiger partial charge is 0.144 e. The average molecular weight is 289 g/mol. The second kappa shape index (κ2) is 6.04. The van der Waals surface area contributed by atoms with E-state index in [4.69, 9.17) is 0 Å². The van der Waals surface area contributed by atoms with Gasteiger partial charge in [-0.2, -0.15) is 4.40 Å². The minimum atomic E-state index is -1.28. The first-order chi connectivity index (χ1) is 8.15. The number of hydrogen-bond acceptors (Lipinski definition) is 2. The molecule has 114 valence electrons. The van der Waals surface area contributed by atoms with Crippen LogP contribution in [0.2, 0.25) is 0 Å². The van der Waals surface area contributed by atoms with Crippen LogP contribution >= 0.6 is 0 Å². The molecule has 0 aliphatic carbocycles. The fraction of sp³-hybridized carbons (Fsp3) is 0.933. The fourth-order valence-electron chi connectivity index (χ4n) is 1.21. The van der Waals surface area contributed by atoms with Crippen LogP contribution < -0.4 is 0 Å². The molecule has 0 aromatic carbocycles. The summed E-state index contributed by atoms with van der Waals surface area (Å²) in [5.74, 6) is 0. The van der Waals surface area contributed by atoms with Gasteiger partial charge < -0.3 is 5.11 Å². The van der Waals surface area contributed by atoms with Gasteiger partial charge in [-0.15, -0.1) is 0 Å². The van der Waals surface area contributed by atoms with E-state index in [0.717, 1.165) is 5.71 Å². The monoisotopic (exact) mass is 289 g/mol. The lowest BCUT2D eigenvalue weighted by Crippen LogP contribution is -2.34. The minimum Gasteiger partial charge on any atom is -0.392 e. The number of nitrogens with zero attached hydrogens (tertiary/aromatic N) is 1. The molecule has 19 heavy (non-hydrogen) atoms. The van der Waals surface area contributed by atoms with Gasteiger partial charge in [0.05, 0.1) is 10.9 Å². The van der Waals surface area contributed by atoms with E-state index in [1.807, 2.05) is 62.3 Å². The van der Waals surface area contributed by atoms with Crippen molar-refractivity contribution in [2.45, 2.75) is 79.6 Å². The third-order valence-corrected chi connectivity index (χ3v) is 4.40. The van der Waals surface area contributed by atoms with Gasteiger partial charge in [0.25, 0.3) is 0 Å². The van der Waals surface area contributed by atoms with E-state index < -0.39 is 17.1 Å².